The van der Waals surface area contributed by atoms with E-state index < -0.39 is 0 Å². The van der Waals surface area contributed by atoms with Crippen LogP contribution in [0.4, 0.5) is 0 Å². The van der Waals surface area contributed by atoms with Crippen molar-refractivity contribution in [3.8, 4) is 0 Å². The molecule has 1 rings (SSSR count). The molecule has 0 bridgehead atoms. The highest BCUT2D eigenvalue weighted by atomic mass is 32.2. The molecule has 0 aliphatic rings. The van der Waals surface area contributed by atoms with E-state index in [-0.39, 0.29) is 5.25 Å². The molecule has 0 spiro atoms. The highest BCUT2D eigenvalue weighted by Gasteiger charge is 2.04. The Morgan fingerprint density at radius 1 is 1.29 bits per heavy atom. The quantitative estimate of drug-likeness (QED) is 0.610. The van der Waals surface area contributed by atoms with E-state index >= 15 is 0 Å². The zero-order chi connectivity index (χ0) is 10.6. The fourth-order valence-corrected chi connectivity index (χ4v) is 2.19. The number of hydrogen-bond donors (Lipinski definition) is 2. The summed E-state index contributed by atoms with van der Waals surface area (Å²) >= 11 is 6.26. The summed E-state index contributed by atoms with van der Waals surface area (Å²) in [6.45, 7) is 4.97. The van der Waals surface area contributed by atoms with Crippen molar-refractivity contribution < 1.29 is 0 Å². The molecule has 78 valence electrons. The van der Waals surface area contributed by atoms with Crippen LogP contribution in [0.2, 0.25) is 0 Å². The van der Waals surface area contributed by atoms with Gasteiger partial charge in [-0.15, -0.1) is 11.8 Å². The predicted molar refractivity (Wildman–Crippen MR) is 68.2 cm³/mol. The van der Waals surface area contributed by atoms with Crippen LogP contribution in [0.25, 0.3) is 0 Å². The average molecular weight is 227 g/mol. The first-order valence-corrected chi connectivity index (χ1v) is 6.18. The minimum Gasteiger partial charge on any atom is -0.329 e. The molecule has 0 fully saturated rings. The fourth-order valence-electron chi connectivity index (χ4n) is 1.18. The molecular formula is C11H17NS2. The van der Waals surface area contributed by atoms with Gasteiger partial charge in [-0.1, -0.05) is 26.0 Å². The first-order chi connectivity index (χ1) is 6.63. The Hall–Kier alpha value is -0.120. The second-order valence-corrected chi connectivity index (χ2v) is 5.76. The third-order valence-electron chi connectivity index (χ3n) is 1.86. The number of thioether (sulfide) groups is 1. The smallest absolute Gasteiger partial charge is 0.0389 e. The van der Waals surface area contributed by atoms with Crippen LogP contribution >= 0.6 is 24.4 Å². The molecule has 1 unspecified atom stereocenters. The second kappa shape index (κ2) is 5.69. The van der Waals surface area contributed by atoms with Gasteiger partial charge in [0.2, 0.25) is 0 Å². The van der Waals surface area contributed by atoms with E-state index in [1.165, 1.54) is 10.5 Å². The van der Waals surface area contributed by atoms with E-state index in [1.807, 2.05) is 11.8 Å². The Balaban J connectivity index is 2.68. The molecule has 3 heteroatoms. The van der Waals surface area contributed by atoms with Gasteiger partial charge in [-0.25, -0.2) is 0 Å². The fraction of sp³-hybridized carbons (Fsp3) is 0.455. The zero-order valence-electron chi connectivity index (χ0n) is 8.60. The summed E-state index contributed by atoms with van der Waals surface area (Å²) in [5.74, 6) is 0. The Kier molecular flexibility index (Phi) is 4.85. The zero-order valence-corrected chi connectivity index (χ0v) is 10.3. The lowest BCUT2D eigenvalue weighted by atomic mass is 10.1. The lowest BCUT2D eigenvalue weighted by Gasteiger charge is -2.09. The van der Waals surface area contributed by atoms with Crippen molar-refractivity contribution in [2.45, 2.75) is 29.2 Å². The van der Waals surface area contributed by atoms with Crippen molar-refractivity contribution in [3.63, 3.8) is 0 Å². The van der Waals surface area contributed by atoms with Crippen LogP contribution in [0.1, 0.15) is 24.7 Å². The molecule has 0 aliphatic carbocycles. The molecule has 0 aromatic heterocycles. The molecule has 0 heterocycles. The minimum absolute atomic E-state index is 0.160. The van der Waals surface area contributed by atoms with Gasteiger partial charge in [0.25, 0.3) is 0 Å². The molecule has 0 saturated heterocycles. The first-order valence-electron chi connectivity index (χ1n) is 4.78. The van der Waals surface area contributed by atoms with Gasteiger partial charge in [0.05, 0.1) is 0 Å². The van der Waals surface area contributed by atoms with Crippen LogP contribution in [0, 0.1) is 0 Å². The molecule has 0 saturated carbocycles. The van der Waals surface area contributed by atoms with Crippen molar-refractivity contribution in [1.29, 1.82) is 0 Å². The third kappa shape index (κ3) is 3.56. The summed E-state index contributed by atoms with van der Waals surface area (Å²) in [6, 6.07) is 8.49. The lowest BCUT2D eigenvalue weighted by molar-refractivity contribution is 0.947. The van der Waals surface area contributed by atoms with Gasteiger partial charge in [-0.2, -0.15) is 12.6 Å². The predicted octanol–water partition coefficient (Wildman–Crippen LogP) is 3.12. The van der Waals surface area contributed by atoms with Gasteiger partial charge in [0.15, 0.2) is 0 Å². The molecule has 2 N–H and O–H groups in total. The molecule has 1 aromatic rings. The monoisotopic (exact) mass is 227 g/mol. The minimum atomic E-state index is 0.160. The van der Waals surface area contributed by atoms with Crippen LogP contribution in [-0.2, 0) is 0 Å². The number of rotatable bonds is 4. The van der Waals surface area contributed by atoms with Gasteiger partial charge in [-0.05, 0) is 17.7 Å². The van der Waals surface area contributed by atoms with Gasteiger partial charge >= 0.3 is 0 Å². The Morgan fingerprint density at radius 3 is 2.29 bits per heavy atom. The van der Waals surface area contributed by atoms with Crippen LogP contribution < -0.4 is 5.73 Å². The summed E-state index contributed by atoms with van der Waals surface area (Å²) in [7, 11) is 0. The summed E-state index contributed by atoms with van der Waals surface area (Å²) < 4.78 is 0. The Morgan fingerprint density at radius 2 is 1.86 bits per heavy atom. The maximum atomic E-state index is 5.54. The van der Waals surface area contributed by atoms with E-state index in [4.69, 9.17) is 5.73 Å². The molecule has 1 atom stereocenters. The largest absolute Gasteiger partial charge is 0.329 e. The van der Waals surface area contributed by atoms with Crippen LogP contribution in [-0.4, -0.2) is 11.8 Å². The van der Waals surface area contributed by atoms with Crippen LogP contribution in [0.5, 0.6) is 0 Å². The maximum absolute atomic E-state index is 5.54. The SMILES string of the molecule is CC(C)Sc1ccc(C(S)CN)cc1. The van der Waals surface area contributed by atoms with Crippen LogP contribution in [0.15, 0.2) is 29.2 Å². The van der Waals surface area contributed by atoms with Crippen LogP contribution in [0.3, 0.4) is 0 Å². The lowest BCUT2D eigenvalue weighted by Crippen LogP contribution is -2.06. The molecule has 0 aliphatic heterocycles. The number of thiol groups is 1. The summed E-state index contributed by atoms with van der Waals surface area (Å²) in [4.78, 5) is 1.31. The van der Waals surface area contributed by atoms with Crippen molar-refractivity contribution in [2.75, 3.05) is 6.54 Å². The normalized spacial score (nSPS) is 13.2. The van der Waals surface area contributed by atoms with E-state index in [0.29, 0.717) is 11.8 Å². The third-order valence-corrected chi connectivity index (χ3v) is 3.38. The summed E-state index contributed by atoms with van der Waals surface area (Å²) in [5.41, 5.74) is 6.74. The van der Waals surface area contributed by atoms with E-state index in [1.54, 1.807) is 0 Å². The van der Waals surface area contributed by atoms with Gasteiger partial charge in [-0.3, -0.25) is 0 Å². The maximum Gasteiger partial charge on any atom is 0.0389 e. The van der Waals surface area contributed by atoms with E-state index in [2.05, 4.69) is 50.7 Å². The van der Waals surface area contributed by atoms with Crippen molar-refractivity contribution in [2.24, 2.45) is 5.73 Å². The molecule has 14 heavy (non-hydrogen) atoms. The van der Waals surface area contributed by atoms with E-state index in [9.17, 15) is 0 Å². The van der Waals surface area contributed by atoms with E-state index in [0.717, 1.165) is 0 Å². The number of nitrogens with two attached hydrogens (primary N) is 1. The highest BCUT2D eigenvalue weighted by molar-refractivity contribution is 7.99. The number of hydrogen-bond acceptors (Lipinski definition) is 3. The van der Waals surface area contributed by atoms with Gasteiger partial charge in [0.1, 0.15) is 0 Å². The number of benzene rings is 1. The molecular weight excluding hydrogens is 210 g/mol. The topological polar surface area (TPSA) is 26.0 Å². The average Bonchev–Trinajstić information content (AvgIpc) is 2.17. The summed E-state index contributed by atoms with van der Waals surface area (Å²) in [5, 5.41) is 0.787. The van der Waals surface area contributed by atoms with Crippen molar-refractivity contribution >= 4 is 24.4 Å². The molecule has 0 amide bonds. The van der Waals surface area contributed by atoms with Gasteiger partial charge < -0.3 is 5.73 Å². The first kappa shape index (κ1) is 12.0. The second-order valence-electron chi connectivity index (χ2n) is 3.49. The van der Waals surface area contributed by atoms with Gasteiger partial charge in [0, 0.05) is 21.9 Å². The molecule has 0 radical (unpaired) electrons. The van der Waals surface area contributed by atoms with Crippen molar-refractivity contribution in [1.82, 2.24) is 0 Å². The molecule has 1 nitrogen and oxygen atoms in total. The standard InChI is InChI=1S/C11H17NS2/c1-8(2)14-10-5-3-9(4-6-10)11(13)7-12/h3-6,8,11,13H,7,12H2,1-2H3. The highest BCUT2D eigenvalue weighted by Crippen LogP contribution is 2.25. The molecule has 1 aromatic carbocycles. The Bertz CT molecular complexity index is 269. The van der Waals surface area contributed by atoms with Crippen molar-refractivity contribution in [3.05, 3.63) is 29.8 Å². The summed E-state index contributed by atoms with van der Waals surface area (Å²) in [6.07, 6.45) is 0. The Labute approximate surface area is 95.9 Å².